The number of aromatic nitrogens is 6. The van der Waals surface area contributed by atoms with Gasteiger partial charge in [-0.15, -0.1) is 0 Å². The first-order valence-electron chi connectivity index (χ1n) is 11.2. The molecule has 0 spiro atoms. The fourth-order valence-corrected chi connectivity index (χ4v) is 4.90. The lowest BCUT2D eigenvalue weighted by molar-refractivity contribution is 0.770. The third kappa shape index (κ3) is 2.90. The molecule has 0 aliphatic heterocycles. The molecule has 1 aliphatic carbocycles. The lowest BCUT2D eigenvalue weighted by atomic mass is 10.00. The molecule has 0 atom stereocenters. The van der Waals surface area contributed by atoms with Gasteiger partial charge in [0.25, 0.3) is 11.1 Å². The van der Waals surface area contributed by atoms with Crippen molar-refractivity contribution in [1.29, 1.82) is 0 Å². The normalized spacial score (nSPS) is 13.9. The maximum absolute atomic E-state index is 13.0. The van der Waals surface area contributed by atoms with E-state index in [4.69, 9.17) is 0 Å². The second-order valence-electron chi connectivity index (χ2n) is 8.83. The van der Waals surface area contributed by atoms with E-state index in [1.807, 2.05) is 60.9 Å². The number of rotatable bonds is 4. The lowest BCUT2D eigenvalue weighted by Gasteiger charge is -2.10. The average molecular weight is 441 g/mol. The van der Waals surface area contributed by atoms with Crippen LogP contribution in [0.4, 0.5) is 0 Å². The molecule has 6 rings (SSSR count). The Morgan fingerprint density at radius 2 is 1.91 bits per heavy atom. The Hall–Kier alpha value is -3.94. The second-order valence-corrected chi connectivity index (χ2v) is 8.83. The molecule has 0 unspecified atom stereocenters. The smallest absolute Gasteiger partial charge is 0.272 e. The van der Waals surface area contributed by atoms with E-state index in [1.165, 1.54) is 5.56 Å². The van der Waals surface area contributed by atoms with Gasteiger partial charge >= 0.3 is 0 Å². The Balaban J connectivity index is 1.64. The van der Waals surface area contributed by atoms with E-state index >= 15 is 0 Å². The molecule has 0 radical (unpaired) electrons. The monoisotopic (exact) mass is 440 g/mol. The van der Waals surface area contributed by atoms with Crippen molar-refractivity contribution in [2.24, 2.45) is 14.1 Å². The molecule has 4 heterocycles. The summed E-state index contributed by atoms with van der Waals surface area (Å²) in [4.78, 5) is 25.3. The summed E-state index contributed by atoms with van der Waals surface area (Å²) >= 11 is 0. The number of benzene rings is 1. The highest BCUT2D eigenvalue weighted by molar-refractivity contribution is 5.91. The predicted octanol–water partition coefficient (Wildman–Crippen LogP) is 3.38. The highest BCUT2D eigenvalue weighted by Crippen LogP contribution is 2.45. The first kappa shape index (κ1) is 19.7. The molecule has 0 amide bonds. The number of nitrogens with zero attached hydrogens (tertiary/aromatic N) is 5. The molecular weight excluding hydrogens is 416 g/mol. The first-order valence-corrected chi connectivity index (χ1v) is 11.2. The summed E-state index contributed by atoms with van der Waals surface area (Å²) in [5.41, 5.74) is 6.29. The van der Waals surface area contributed by atoms with Gasteiger partial charge in [-0.25, -0.2) is 5.10 Å². The van der Waals surface area contributed by atoms with Crippen LogP contribution in [0, 0.1) is 0 Å². The summed E-state index contributed by atoms with van der Waals surface area (Å²) in [6, 6.07) is 9.54. The Kier molecular flexibility index (Phi) is 4.20. The number of hydrogen-bond acceptors (Lipinski definition) is 4. The third-order valence-electron chi connectivity index (χ3n) is 6.71. The summed E-state index contributed by atoms with van der Waals surface area (Å²) in [6.45, 7) is 2.02. The van der Waals surface area contributed by atoms with Crippen LogP contribution >= 0.6 is 0 Å². The molecule has 0 saturated heterocycles. The zero-order chi connectivity index (χ0) is 22.9. The van der Waals surface area contributed by atoms with Crippen molar-refractivity contribution in [3.63, 3.8) is 0 Å². The van der Waals surface area contributed by atoms with Crippen LogP contribution in [0.25, 0.3) is 38.9 Å². The number of hydrogen-bond donors (Lipinski definition) is 1. The van der Waals surface area contributed by atoms with Crippen molar-refractivity contribution in [2.45, 2.75) is 32.1 Å². The molecule has 1 aliphatic rings. The van der Waals surface area contributed by atoms with E-state index in [2.05, 4.69) is 21.4 Å². The van der Waals surface area contributed by atoms with Gasteiger partial charge in [0.1, 0.15) is 5.65 Å². The lowest BCUT2D eigenvalue weighted by Crippen LogP contribution is -2.16. The first-order chi connectivity index (χ1) is 16.0. The SMILES string of the molecule is CCc1n[nH]c(=O)c2ccc(-c3cnn(C)c3-c3cc(C4CC4)c4n(C)ccc(=O)n34)cc12. The Bertz CT molecular complexity index is 1680. The summed E-state index contributed by atoms with van der Waals surface area (Å²) < 4.78 is 5.65. The number of fused-ring (bicyclic) bond motifs is 2. The molecule has 1 aromatic carbocycles. The minimum absolute atomic E-state index is 0.0559. The van der Waals surface area contributed by atoms with Crippen molar-refractivity contribution < 1.29 is 0 Å². The minimum atomic E-state index is -0.199. The third-order valence-corrected chi connectivity index (χ3v) is 6.71. The van der Waals surface area contributed by atoms with E-state index in [1.54, 1.807) is 10.5 Å². The van der Waals surface area contributed by atoms with E-state index in [-0.39, 0.29) is 11.1 Å². The van der Waals surface area contributed by atoms with Crippen LogP contribution in [-0.4, -0.2) is 28.9 Å². The number of aromatic amines is 1. The Labute approximate surface area is 189 Å². The maximum atomic E-state index is 13.0. The quantitative estimate of drug-likeness (QED) is 0.464. The zero-order valence-electron chi connectivity index (χ0n) is 18.8. The minimum Gasteiger partial charge on any atom is -0.337 e. The van der Waals surface area contributed by atoms with Gasteiger partial charge in [-0.2, -0.15) is 10.2 Å². The van der Waals surface area contributed by atoms with Gasteiger partial charge in [0.15, 0.2) is 0 Å². The molecule has 0 bridgehead atoms. The van der Waals surface area contributed by atoms with E-state index < -0.39 is 0 Å². The van der Waals surface area contributed by atoms with Gasteiger partial charge < -0.3 is 4.57 Å². The summed E-state index contributed by atoms with van der Waals surface area (Å²) in [7, 11) is 3.88. The Morgan fingerprint density at radius 3 is 2.67 bits per heavy atom. The summed E-state index contributed by atoms with van der Waals surface area (Å²) in [5, 5.41) is 12.8. The van der Waals surface area contributed by atoms with Crippen LogP contribution in [0.15, 0.2) is 52.3 Å². The van der Waals surface area contributed by atoms with Crippen LogP contribution in [0.2, 0.25) is 0 Å². The van der Waals surface area contributed by atoms with Crippen molar-refractivity contribution in [2.75, 3.05) is 0 Å². The molecule has 8 nitrogen and oxygen atoms in total. The largest absolute Gasteiger partial charge is 0.337 e. The average Bonchev–Trinajstić information content (AvgIpc) is 3.48. The molecule has 33 heavy (non-hydrogen) atoms. The Morgan fingerprint density at radius 1 is 1.09 bits per heavy atom. The predicted molar refractivity (Wildman–Crippen MR) is 128 cm³/mol. The van der Waals surface area contributed by atoms with Crippen LogP contribution in [0.5, 0.6) is 0 Å². The van der Waals surface area contributed by atoms with Crippen molar-refractivity contribution >= 4 is 16.4 Å². The standard InChI is InChI=1S/C25H24N6O2/c1-4-20-18-11-15(7-8-16(18)24(33)28-27-20)19-13-26-30(3)23(19)21-12-17(14-5-6-14)25-29(2)10-9-22(32)31(21)25/h7-14H,4-6H2,1-3H3,(H,28,33). The van der Waals surface area contributed by atoms with Gasteiger partial charge in [0.2, 0.25) is 0 Å². The summed E-state index contributed by atoms with van der Waals surface area (Å²) in [5.74, 6) is 0.490. The fraction of sp³-hybridized carbons (Fsp3) is 0.280. The summed E-state index contributed by atoms with van der Waals surface area (Å²) in [6.07, 6.45) is 6.66. The highest BCUT2D eigenvalue weighted by Gasteiger charge is 2.30. The van der Waals surface area contributed by atoms with Gasteiger partial charge in [0.05, 0.1) is 28.7 Å². The van der Waals surface area contributed by atoms with Crippen LogP contribution in [0.1, 0.15) is 36.9 Å². The van der Waals surface area contributed by atoms with Crippen LogP contribution in [0.3, 0.4) is 0 Å². The van der Waals surface area contributed by atoms with Crippen LogP contribution in [-0.2, 0) is 20.5 Å². The van der Waals surface area contributed by atoms with Gasteiger partial charge in [-0.1, -0.05) is 13.0 Å². The van der Waals surface area contributed by atoms with E-state index in [9.17, 15) is 9.59 Å². The molecule has 1 fully saturated rings. The fourth-order valence-electron chi connectivity index (χ4n) is 4.90. The number of aryl methyl sites for hydroxylation is 3. The maximum Gasteiger partial charge on any atom is 0.272 e. The number of nitrogens with one attached hydrogen (secondary N) is 1. The van der Waals surface area contributed by atoms with Gasteiger partial charge in [-0.3, -0.25) is 18.7 Å². The van der Waals surface area contributed by atoms with Crippen molar-refractivity contribution in [1.82, 2.24) is 28.9 Å². The molecule has 166 valence electrons. The molecule has 8 heteroatoms. The van der Waals surface area contributed by atoms with Crippen molar-refractivity contribution in [3.8, 4) is 22.5 Å². The van der Waals surface area contributed by atoms with Gasteiger partial charge in [-0.05, 0) is 54.5 Å². The highest BCUT2D eigenvalue weighted by atomic mass is 16.1. The van der Waals surface area contributed by atoms with Crippen LogP contribution < -0.4 is 11.1 Å². The molecule has 5 aromatic rings. The van der Waals surface area contributed by atoms with Gasteiger partial charge in [0, 0.05) is 37.3 Å². The molecular formula is C25H24N6O2. The second kappa shape index (κ2) is 7.03. The van der Waals surface area contributed by atoms with E-state index in [0.29, 0.717) is 17.7 Å². The molecule has 4 aromatic heterocycles. The molecule has 1 N–H and O–H groups in total. The zero-order valence-corrected chi connectivity index (χ0v) is 18.8. The topological polar surface area (TPSA) is 90.0 Å². The molecule has 1 saturated carbocycles. The van der Waals surface area contributed by atoms with E-state index in [0.717, 1.165) is 52.1 Å². The van der Waals surface area contributed by atoms with Crippen molar-refractivity contribution in [3.05, 3.63) is 74.7 Å². The number of H-pyrrole nitrogens is 1.